The number of rotatable bonds is 6. The van der Waals surface area contributed by atoms with Crippen LogP contribution in [0.25, 0.3) is 0 Å². The first-order valence-corrected chi connectivity index (χ1v) is 9.78. The Labute approximate surface area is 153 Å². The fourth-order valence-corrected chi connectivity index (χ4v) is 2.81. The SMILES string of the molecule is O=CCN(CC1CCCCC1)C(=O)OCc1ccccc1.O=S(=O)(O)O. The second-order valence-electron chi connectivity index (χ2n) is 6.06. The zero-order valence-electron chi connectivity index (χ0n) is 14.5. The molecule has 0 heterocycles. The van der Waals surface area contributed by atoms with Crippen molar-refractivity contribution in [2.45, 2.75) is 38.7 Å². The maximum absolute atomic E-state index is 12.1. The highest BCUT2D eigenvalue weighted by Crippen LogP contribution is 2.24. The minimum absolute atomic E-state index is 0.115. The normalized spacial score (nSPS) is 14.7. The highest BCUT2D eigenvalue weighted by molar-refractivity contribution is 7.79. The third kappa shape index (κ3) is 10.8. The van der Waals surface area contributed by atoms with Gasteiger partial charge in [-0.1, -0.05) is 49.6 Å². The first kappa shape index (κ1) is 22.1. The van der Waals surface area contributed by atoms with E-state index in [2.05, 4.69) is 0 Å². The summed E-state index contributed by atoms with van der Waals surface area (Å²) < 4.78 is 36.9. The average Bonchev–Trinajstić information content (AvgIpc) is 2.60. The van der Waals surface area contributed by atoms with Crippen LogP contribution in [-0.4, -0.2) is 47.9 Å². The molecular weight excluding hydrogens is 362 g/mol. The van der Waals surface area contributed by atoms with Gasteiger partial charge in [0.2, 0.25) is 0 Å². The molecule has 1 aliphatic carbocycles. The average molecular weight is 387 g/mol. The summed E-state index contributed by atoms with van der Waals surface area (Å²) >= 11 is 0. The fourth-order valence-electron chi connectivity index (χ4n) is 2.81. The van der Waals surface area contributed by atoms with Crippen LogP contribution >= 0.6 is 0 Å². The van der Waals surface area contributed by atoms with Gasteiger partial charge in [-0.05, 0) is 24.3 Å². The molecule has 0 saturated heterocycles. The molecule has 1 aromatic rings. The third-order valence-corrected chi connectivity index (χ3v) is 3.96. The quantitative estimate of drug-likeness (QED) is 0.568. The molecule has 1 amide bonds. The third-order valence-electron chi connectivity index (χ3n) is 3.96. The van der Waals surface area contributed by atoms with Crippen molar-refractivity contribution in [1.29, 1.82) is 0 Å². The lowest BCUT2D eigenvalue weighted by molar-refractivity contribution is -0.108. The number of nitrogens with zero attached hydrogens (tertiary/aromatic N) is 1. The molecule has 2 N–H and O–H groups in total. The number of amides is 1. The van der Waals surface area contributed by atoms with Crippen molar-refractivity contribution in [3.63, 3.8) is 0 Å². The highest BCUT2D eigenvalue weighted by Gasteiger charge is 2.21. The van der Waals surface area contributed by atoms with Crippen LogP contribution in [0.15, 0.2) is 30.3 Å². The maximum Gasteiger partial charge on any atom is 0.410 e. The lowest BCUT2D eigenvalue weighted by Gasteiger charge is -2.28. The first-order valence-electron chi connectivity index (χ1n) is 8.38. The second-order valence-corrected chi connectivity index (χ2v) is 6.96. The van der Waals surface area contributed by atoms with Crippen molar-refractivity contribution in [3.05, 3.63) is 35.9 Å². The number of aldehydes is 1. The molecule has 1 aromatic carbocycles. The topological polar surface area (TPSA) is 121 Å². The molecule has 8 nitrogen and oxygen atoms in total. The Morgan fingerprint density at radius 1 is 1.15 bits per heavy atom. The Kier molecular flexibility index (Phi) is 9.85. The van der Waals surface area contributed by atoms with Gasteiger partial charge in [0.05, 0.1) is 6.54 Å². The van der Waals surface area contributed by atoms with Crippen LogP contribution in [0.2, 0.25) is 0 Å². The summed E-state index contributed by atoms with van der Waals surface area (Å²) in [6.45, 7) is 0.996. The first-order chi connectivity index (χ1) is 12.3. The van der Waals surface area contributed by atoms with Gasteiger partial charge in [-0.3, -0.25) is 9.11 Å². The zero-order chi connectivity index (χ0) is 19.4. The van der Waals surface area contributed by atoms with Crippen LogP contribution in [-0.2, 0) is 26.5 Å². The van der Waals surface area contributed by atoms with Crippen molar-refractivity contribution in [1.82, 2.24) is 4.90 Å². The molecule has 2 rings (SSSR count). The summed E-state index contributed by atoms with van der Waals surface area (Å²) in [5.74, 6) is 0.503. The molecule has 1 fully saturated rings. The van der Waals surface area contributed by atoms with Gasteiger partial charge in [-0.2, -0.15) is 8.42 Å². The molecule has 0 aliphatic heterocycles. The lowest BCUT2D eigenvalue weighted by atomic mass is 9.89. The van der Waals surface area contributed by atoms with Crippen LogP contribution < -0.4 is 0 Å². The molecule has 0 unspecified atom stereocenters. The minimum atomic E-state index is -4.67. The van der Waals surface area contributed by atoms with Crippen molar-refractivity contribution >= 4 is 22.8 Å². The number of carbonyl (C=O) groups excluding carboxylic acids is 2. The van der Waals surface area contributed by atoms with Gasteiger partial charge < -0.3 is 14.4 Å². The molecule has 0 radical (unpaired) electrons. The Morgan fingerprint density at radius 3 is 2.27 bits per heavy atom. The molecule has 0 atom stereocenters. The summed E-state index contributed by atoms with van der Waals surface area (Å²) in [5, 5.41) is 0. The van der Waals surface area contributed by atoms with Crippen molar-refractivity contribution in [2.75, 3.05) is 13.1 Å². The molecule has 146 valence electrons. The van der Waals surface area contributed by atoms with Gasteiger partial charge in [-0.25, -0.2) is 4.79 Å². The summed E-state index contributed by atoms with van der Waals surface area (Å²) in [5.41, 5.74) is 0.953. The molecule has 0 bridgehead atoms. The Bertz CT molecular complexity index is 634. The summed E-state index contributed by atoms with van der Waals surface area (Å²) in [4.78, 5) is 24.4. The van der Waals surface area contributed by atoms with Crippen LogP contribution in [0.5, 0.6) is 0 Å². The van der Waals surface area contributed by atoms with Crippen molar-refractivity contribution < 1.29 is 31.8 Å². The maximum atomic E-state index is 12.1. The zero-order valence-corrected chi connectivity index (χ0v) is 15.3. The van der Waals surface area contributed by atoms with E-state index in [-0.39, 0.29) is 13.2 Å². The van der Waals surface area contributed by atoms with E-state index in [1.165, 1.54) is 24.2 Å². The standard InChI is InChI=1S/C17H23NO3.H2O4S/c19-12-11-18(13-15-7-3-1-4-8-15)17(20)21-14-16-9-5-2-6-10-16;1-5(2,3)4/h2,5-6,9-10,12,15H,1,3-4,7-8,11,13-14H2;(H2,1,2,3,4). The van der Waals surface area contributed by atoms with E-state index < -0.39 is 16.5 Å². The van der Waals surface area contributed by atoms with Gasteiger partial charge >= 0.3 is 16.5 Å². The number of ether oxygens (including phenoxy) is 1. The highest BCUT2D eigenvalue weighted by atomic mass is 32.3. The Morgan fingerprint density at radius 2 is 1.73 bits per heavy atom. The van der Waals surface area contributed by atoms with E-state index in [0.717, 1.165) is 24.7 Å². The van der Waals surface area contributed by atoms with E-state index in [4.69, 9.17) is 22.3 Å². The number of hydrogen-bond donors (Lipinski definition) is 2. The van der Waals surface area contributed by atoms with Gasteiger partial charge in [0.15, 0.2) is 0 Å². The molecule has 1 saturated carbocycles. The molecule has 0 spiro atoms. The van der Waals surface area contributed by atoms with E-state index in [0.29, 0.717) is 12.5 Å². The molecule has 1 aliphatic rings. The fraction of sp³-hybridized carbons (Fsp3) is 0.529. The molecule has 0 aromatic heterocycles. The molecule has 26 heavy (non-hydrogen) atoms. The number of benzene rings is 1. The summed E-state index contributed by atoms with van der Waals surface area (Å²) in [6.07, 6.45) is 6.38. The van der Waals surface area contributed by atoms with Gasteiger partial charge in [0.25, 0.3) is 0 Å². The monoisotopic (exact) mass is 387 g/mol. The van der Waals surface area contributed by atoms with Crippen molar-refractivity contribution in [2.24, 2.45) is 5.92 Å². The van der Waals surface area contributed by atoms with Crippen LogP contribution in [0.4, 0.5) is 4.79 Å². The summed E-state index contributed by atoms with van der Waals surface area (Å²) in [7, 11) is -4.67. The predicted octanol–water partition coefficient (Wildman–Crippen LogP) is 2.75. The second kappa shape index (κ2) is 11.6. The van der Waals surface area contributed by atoms with E-state index in [1.807, 2.05) is 30.3 Å². The van der Waals surface area contributed by atoms with Gasteiger partial charge in [-0.15, -0.1) is 0 Å². The Hall–Kier alpha value is -1.97. The predicted molar refractivity (Wildman–Crippen MR) is 95.0 cm³/mol. The van der Waals surface area contributed by atoms with E-state index >= 15 is 0 Å². The lowest BCUT2D eigenvalue weighted by Crippen LogP contribution is -2.37. The minimum Gasteiger partial charge on any atom is -0.445 e. The van der Waals surface area contributed by atoms with Gasteiger partial charge in [0.1, 0.15) is 12.9 Å². The van der Waals surface area contributed by atoms with E-state index in [1.54, 1.807) is 0 Å². The van der Waals surface area contributed by atoms with E-state index in [9.17, 15) is 9.59 Å². The number of carbonyl (C=O) groups is 2. The molecular formula is C17H25NO7S. The summed E-state index contributed by atoms with van der Waals surface area (Å²) in [6, 6.07) is 9.58. The number of hydrogen-bond acceptors (Lipinski definition) is 5. The van der Waals surface area contributed by atoms with Crippen LogP contribution in [0.3, 0.4) is 0 Å². The van der Waals surface area contributed by atoms with Crippen molar-refractivity contribution in [3.8, 4) is 0 Å². The molecule has 9 heteroatoms. The smallest absolute Gasteiger partial charge is 0.410 e. The largest absolute Gasteiger partial charge is 0.445 e. The van der Waals surface area contributed by atoms with Crippen LogP contribution in [0.1, 0.15) is 37.7 Å². The van der Waals surface area contributed by atoms with Gasteiger partial charge in [0, 0.05) is 6.54 Å². The van der Waals surface area contributed by atoms with Crippen LogP contribution in [0, 0.1) is 5.92 Å². The Balaban J connectivity index is 0.000000597.